The van der Waals surface area contributed by atoms with Gasteiger partial charge >= 0.3 is 7.69 Å². The van der Waals surface area contributed by atoms with Crippen LogP contribution in [0.5, 0.6) is 23.1 Å². The second-order valence-electron chi connectivity index (χ2n) is 5.31. The normalized spacial score (nSPS) is 11.0. The van der Waals surface area contributed by atoms with Gasteiger partial charge in [-0.15, -0.1) is 0 Å². The molecule has 0 aliphatic heterocycles. The smallest absolute Gasteiger partial charge is 0.521 e. The minimum absolute atomic E-state index is 0.0376. The van der Waals surface area contributed by atoms with Crippen molar-refractivity contribution in [3.63, 3.8) is 0 Å². The van der Waals surface area contributed by atoms with E-state index in [2.05, 4.69) is 4.98 Å². The molecule has 0 aromatic carbocycles. The maximum absolute atomic E-state index is 8.85. The molecule has 117 valence electrons. The molecule has 21 heavy (non-hydrogen) atoms. The molecule has 6 nitrogen and oxygen atoms in total. The first-order valence-corrected chi connectivity index (χ1v) is 7.00. The van der Waals surface area contributed by atoms with Gasteiger partial charge in [-0.1, -0.05) is 0 Å². The van der Waals surface area contributed by atoms with E-state index in [0.29, 0.717) is 24.9 Å². The summed E-state index contributed by atoms with van der Waals surface area (Å²) in [5, 5.41) is 8.85. The van der Waals surface area contributed by atoms with Crippen molar-refractivity contribution in [2.45, 2.75) is 59.9 Å². The fraction of sp³-hybridized carbons (Fsp3) is 0.643. The third kappa shape index (κ3) is 5.34. The largest absolute Gasteiger partial charge is 0.570 e. The molecule has 1 aromatic heterocycles. The molecule has 0 aliphatic carbocycles. The Hall–Kier alpha value is -1.63. The van der Waals surface area contributed by atoms with Gasteiger partial charge in [0.15, 0.2) is 5.75 Å². The summed E-state index contributed by atoms with van der Waals surface area (Å²) >= 11 is 0. The van der Waals surface area contributed by atoms with Crippen molar-refractivity contribution in [1.29, 1.82) is 0 Å². The molecule has 7 heteroatoms. The van der Waals surface area contributed by atoms with Gasteiger partial charge < -0.3 is 23.9 Å². The first kappa shape index (κ1) is 17.4. The van der Waals surface area contributed by atoms with Gasteiger partial charge in [0.25, 0.3) is 0 Å². The molecule has 1 heterocycles. The van der Waals surface area contributed by atoms with Gasteiger partial charge in [-0.3, -0.25) is 0 Å². The molecule has 0 unspecified atom stereocenters. The number of pyridine rings is 1. The van der Waals surface area contributed by atoms with Crippen LogP contribution >= 0.6 is 0 Å². The fourth-order valence-corrected chi connectivity index (χ4v) is 1.60. The maximum Gasteiger partial charge on any atom is 0.570 e. The lowest BCUT2D eigenvalue weighted by Crippen LogP contribution is -2.16. The average molecular weight is 296 g/mol. The summed E-state index contributed by atoms with van der Waals surface area (Å²) in [5.74, 6) is 1.32. The minimum atomic E-state index is -0.114. The van der Waals surface area contributed by atoms with E-state index in [1.807, 2.05) is 41.5 Å². The zero-order valence-corrected chi connectivity index (χ0v) is 13.4. The highest BCUT2D eigenvalue weighted by atomic mass is 16.6. The summed E-state index contributed by atoms with van der Waals surface area (Å²) in [6.07, 6.45) is 1.26. The Bertz CT molecular complexity index is 451. The van der Waals surface area contributed by atoms with Crippen LogP contribution in [0.25, 0.3) is 0 Å². The van der Waals surface area contributed by atoms with Crippen LogP contribution < -0.4 is 18.9 Å². The zero-order chi connectivity index (χ0) is 16.0. The molecular weight excluding hydrogens is 273 g/mol. The van der Waals surface area contributed by atoms with E-state index in [1.165, 1.54) is 6.20 Å². The monoisotopic (exact) mass is 296 g/mol. The van der Waals surface area contributed by atoms with Crippen LogP contribution in [0.2, 0.25) is 0 Å². The molecule has 0 amide bonds. The summed E-state index contributed by atoms with van der Waals surface area (Å²) in [6.45, 7) is 11.4. The van der Waals surface area contributed by atoms with Gasteiger partial charge in [0.05, 0.1) is 24.5 Å². The summed E-state index contributed by atoms with van der Waals surface area (Å²) in [5.41, 5.74) is 0. The number of hydrogen-bond donors (Lipinski definition) is 1. The van der Waals surface area contributed by atoms with Gasteiger partial charge in [-0.05, 0) is 41.5 Å². The predicted octanol–water partition coefficient (Wildman–Crippen LogP) is 2.35. The van der Waals surface area contributed by atoms with Crippen molar-refractivity contribution in [3.05, 3.63) is 6.20 Å². The summed E-state index contributed by atoms with van der Waals surface area (Å²) in [6, 6.07) is 0. The lowest BCUT2D eigenvalue weighted by molar-refractivity contribution is 0.171. The lowest BCUT2D eigenvalue weighted by atomic mass is 10.3. The molecule has 0 saturated heterocycles. The highest BCUT2D eigenvalue weighted by Crippen LogP contribution is 2.44. The van der Waals surface area contributed by atoms with E-state index in [-0.39, 0.29) is 24.2 Å². The third-order valence-electron chi connectivity index (χ3n) is 2.16. The van der Waals surface area contributed by atoms with E-state index >= 15 is 0 Å². The number of nitrogens with zero attached hydrogens (tertiary/aromatic N) is 1. The van der Waals surface area contributed by atoms with Crippen LogP contribution in [0.4, 0.5) is 0 Å². The number of rotatable bonds is 8. The molecule has 1 aromatic rings. The van der Waals surface area contributed by atoms with Gasteiger partial charge in [0.1, 0.15) is 0 Å². The van der Waals surface area contributed by atoms with Gasteiger partial charge in [0, 0.05) is 0 Å². The second-order valence-corrected chi connectivity index (χ2v) is 5.31. The van der Waals surface area contributed by atoms with Gasteiger partial charge in [-0.2, -0.15) is 0 Å². The topological polar surface area (TPSA) is 70.0 Å². The van der Waals surface area contributed by atoms with Crippen LogP contribution in [0.15, 0.2) is 6.20 Å². The molecular formula is C14H23BNO5. The van der Waals surface area contributed by atoms with E-state index in [1.54, 1.807) is 0 Å². The van der Waals surface area contributed by atoms with Crippen molar-refractivity contribution in [2.75, 3.05) is 0 Å². The van der Waals surface area contributed by atoms with Crippen LogP contribution in [0.3, 0.4) is 0 Å². The van der Waals surface area contributed by atoms with Crippen LogP contribution in [-0.4, -0.2) is 36.0 Å². The first-order valence-electron chi connectivity index (χ1n) is 7.00. The van der Waals surface area contributed by atoms with Crippen molar-refractivity contribution >= 4 is 7.69 Å². The second kappa shape index (κ2) is 7.97. The van der Waals surface area contributed by atoms with Gasteiger partial charge in [-0.25, -0.2) is 4.98 Å². The quantitative estimate of drug-likeness (QED) is 0.743. The SMILES string of the molecule is CC(C)Oc1cnc(O[B]O)c(OC(C)C)c1OC(C)C. The Labute approximate surface area is 126 Å². The van der Waals surface area contributed by atoms with Crippen LogP contribution in [0.1, 0.15) is 41.5 Å². The maximum atomic E-state index is 8.85. The molecule has 0 spiro atoms. The van der Waals surface area contributed by atoms with E-state index in [9.17, 15) is 0 Å². The molecule has 1 rings (SSSR count). The number of ether oxygens (including phenoxy) is 3. The van der Waals surface area contributed by atoms with Crippen molar-refractivity contribution in [1.82, 2.24) is 4.98 Å². The first-order chi connectivity index (χ1) is 9.85. The van der Waals surface area contributed by atoms with Gasteiger partial charge in [0.2, 0.25) is 17.4 Å². The lowest BCUT2D eigenvalue weighted by Gasteiger charge is -2.22. The summed E-state index contributed by atoms with van der Waals surface area (Å²) in [4.78, 5) is 4.10. The molecule has 1 N–H and O–H groups in total. The standard InChI is InChI=1S/C14H23BNO5/c1-8(2)18-11-7-16-14(21-15-17)13(20-10(5)6)12(11)19-9(3)4/h7-10,17H,1-6H3. The number of aromatic nitrogens is 1. The molecule has 0 fully saturated rings. The molecule has 0 bridgehead atoms. The highest BCUT2D eigenvalue weighted by Gasteiger charge is 2.23. The molecule has 0 aliphatic rings. The minimum Gasteiger partial charge on any atom is -0.521 e. The predicted molar refractivity (Wildman–Crippen MR) is 80.1 cm³/mol. The Morgan fingerprint density at radius 2 is 1.43 bits per heavy atom. The Morgan fingerprint density at radius 3 is 1.90 bits per heavy atom. The van der Waals surface area contributed by atoms with Crippen molar-refractivity contribution in [3.8, 4) is 23.1 Å². The summed E-state index contributed by atoms with van der Waals surface area (Å²) < 4.78 is 22.2. The highest BCUT2D eigenvalue weighted by molar-refractivity contribution is 6.17. The molecule has 0 atom stereocenters. The Balaban J connectivity index is 3.32. The fourth-order valence-electron chi connectivity index (χ4n) is 1.60. The van der Waals surface area contributed by atoms with E-state index in [4.69, 9.17) is 23.9 Å². The average Bonchev–Trinajstić information content (AvgIpc) is 2.35. The van der Waals surface area contributed by atoms with E-state index < -0.39 is 0 Å². The Morgan fingerprint density at radius 1 is 0.905 bits per heavy atom. The van der Waals surface area contributed by atoms with Crippen molar-refractivity contribution in [2.24, 2.45) is 0 Å². The third-order valence-corrected chi connectivity index (χ3v) is 2.16. The van der Waals surface area contributed by atoms with Crippen LogP contribution in [-0.2, 0) is 0 Å². The van der Waals surface area contributed by atoms with Crippen molar-refractivity contribution < 1.29 is 23.9 Å². The zero-order valence-electron chi connectivity index (χ0n) is 13.4. The number of hydrogen-bond acceptors (Lipinski definition) is 6. The molecule has 0 saturated carbocycles. The molecule has 1 radical (unpaired) electrons. The van der Waals surface area contributed by atoms with E-state index in [0.717, 1.165) is 0 Å². The Kier molecular flexibility index (Phi) is 6.62. The summed E-state index contributed by atoms with van der Waals surface area (Å²) in [7, 11) is 0.553. The van der Waals surface area contributed by atoms with Crippen LogP contribution in [0, 0.1) is 0 Å².